The Morgan fingerprint density at radius 1 is 1.03 bits per heavy atom. The van der Waals surface area contributed by atoms with E-state index in [4.69, 9.17) is 9.47 Å². The summed E-state index contributed by atoms with van der Waals surface area (Å²) < 4.78 is 25.1. The van der Waals surface area contributed by atoms with E-state index in [1.165, 1.54) is 30.2 Å². The Labute approximate surface area is 222 Å². The van der Waals surface area contributed by atoms with Gasteiger partial charge in [0.05, 0.1) is 36.1 Å². The lowest BCUT2D eigenvalue weighted by Crippen LogP contribution is -2.29. The minimum absolute atomic E-state index is 0.0644. The van der Waals surface area contributed by atoms with Gasteiger partial charge in [0.25, 0.3) is 5.78 Å². The molecule has 0 spiro atoms. The van der Waals surface area contributed by atoms with Gasteiger partial charge in [-0.25, -0.2) is 9.37 Å². The molecule has 2 heterocycles. The van der Waals surface area contributed by atoms with Crippen LogP contribution < -0.4 is 14.4 Å². The number of nitrogens with zero attached hydrogens (tertiary/aromatic N) is 2. The van der Waals surface area contributed by atoms with E-state index in [-0.39, 0.29) is 22.4 Å². The van der Waals surface area contributed by atoms with Crippen LogP contribution in [0.5, 0.6) is 11.5 Å². The van der Waals surface area contributed by atoms with Crippen molar-refractivity contribution in [1.82, 2.24) is 4.98 Å². The number of aromatic nitrogens is 1. The predicted octanol–water partition coefficient (Wildman–Crippen LogP) is 6.20. The fraction of sp³-hybridized carbons (Fsp3) is 0.207. The molecule has 7 nitrogen and oxygen atoms in total. The van der Waals surface area contributed by atoms with Crippen molar-refractivity contribution >= 4 is 44.1 Å². The van der Waals surface area contributed by atoms with Crippen molar-refractivity contribution in [1.29, 1.82) is 0 Å². The molecule has 1 atom stereocenters. The van der Waals surface area contributed by atoms with Gasteiger partial charge >= 0.3 is 5.91 Å². The molecule has 38 heavy (non-hydrogen) atoms. The molecule has 194 valence electrons. The molecule has 3 aromatic carbocycles. The number of halogens is 1. The number of ketones is 1. The zero-order valence-corrected chi connectivity index (χ0v) is 22.0. The number of hydrogen-bond acceptors (Lipinski definition) is 7. The standard InChI is InChI=1S/C29H25FN2O5S/c1-15(2)20-13-17(7-12-22(20)37-4)26(33)24-25(16-5-9-19(36-3)10-6-16)32(28(35)27(24)34)29-31-21-11-8-18(30)14-23(21)38-29/h5-15,25,33H,1-4H3/b26-24+. The van der Waals surface area contributed by atoms with E-state index in [0.29, 0.717) is 32.8 Å². The van der Waals surface area contributed by atoms with Gasteiger partial charge in [0, 0.05) is 5.56 Å². The Bertz CT molecular complexity index is 1590. The van der Waals surface area contributed by atoms with Gasteiger partial charge in [0.2, 0.25) is 0 Å². The average molecular weight is 533 g/mol. The largest absolute Gasteiger partial charge is 0.507 e. The van der Waals surface area contributed by atoms with Gasteiger partial charge in [-0.3, -0.25) is 14.5 Å². The third kappa shape index (κ3) is 4.28. The number of carbonyl (C=O) groups is 2. The van der Waals surface area contributed by atoms with E-state index in [9.17, 15) is 19.1 Å². The molecule has 1 amide bonds. The highest BCUT2D eigenvalue weighted by molar-refractivity contribution is 7.22. The summed E-state index contributed by atoms with van der Waals surface area (Å²) in [6, 6.07) is 15.2. The lowest BCUT2D eigenvalue weighted by molar-refractivity contribution is -0.132. The van der Waals surface area contributed by atoms with Crippen LogP contribution in [0, 0.1) is 5.82 Å². The van der Waals surface area contributed by atoms with Crippen molar-refractivity contribution in [3.63, 3.8) is 0 Å². The molecule has 0 aliphatic carbocycles. The molecule has 0 saturated carbocycles. The summed E-state index contributed by atoms with van der Waals surface area (Å²) in [6.07, 6.45) is 0. The molecule has 1 fully saturated rings. The van der Waals surface area contributed by atoms with Gasteiger partial charge < -0.3 is 14.6 Å². The Kier molecular flexibility index (Phi) is 6.62. The van der Waals surface area contributed by atoms with Gasteiger partial charge in [-0.1, -0.05) is 37.3 Å². The molecule has 1 saturated heterocycles. The minimum Gasteiger partial charge on any atom is -0.507 e. The number of rotatable bonds is 6. The molecule has 1 aliphatic heterocycles. The zero-order valence-electron chi connectivity index (χ0n) is 21.2. The number of fused-ring (bicyclic) bond motifs is 1. The maximum atomic E-state index is 13.9. The second-order valence-electron chi connectivity index (χ2n) is 9.16. The lowest BCUT2D eigenvalue weighted by Gasteiger charge is -2.23. The number of thiazole rings is 1. The maximum Gasteiger partial charge on any atom is 0.301 e. The van der Waals surface area contributed by atoms with Crippen molar-refractivity contribution in [2.75, 3.05) is 19.1 Å². The van der Waals surface area contributed by atoms with Crippen molar-refractivity contribution < 1.29 is 28.6 Å². The molecule has 0 radical (unpaired) electrons. The number of Topliss-reactive ketones (excluding diaryl/α,β-unsaturated/α-hetero) is 1. The van der Waals surface area contributed by atoms with E-state index in [1.54, 1.807) is 49.6 Å². The van der Waals surface area contributed by atoms with Gasteiger partial charge in [-0.15, -0.1) is 0 Å². The van der Waals surface area contributed by atoms with Crippen LogP contribution in [0.25, 0.3) is 16.0 Å². The number of carbonyl (C=O) groups excluding carboxylic acids is 2. The van der Waals surface area contributed by atoms with Gasteiger partial charge in [0.15, 0.2) is 5.13 Å². The van der Waals surface area contributed by atoms with Crippen LogP contribution in [-0.4, -0.2) is 36.0 Å². The number of aliphatic hydroxyl groups is 1. The lowest BCUT2D eigenvalue weighted by atomic mass is 9.93. The predicted molar refractivity (Wildman–Crippen MR) is 144 cm³/mol. The molecule has 4 aromatic rings. The number of benzene rings is 3. The molecular formula is C29H25FN2O5S. The molecule has 5 rings (SSSR count). The number of methoxy groups -OCH3 is 2. The Balaban J connectivity index is 1.72. The normalized spacial score (nSPS) is 17.0. The van der Waals surface area contributed by atoms with Gasteiger partial charge in [-0.2, -0.15) is 0 Å². The quantitative estimate of drug-likeness (QED) is 0.181. The maximum absolute atomic E-state index is 13.9. The third-order valence-corrected chi connectivity index (χ3v) is 7.56. The van der Waals surface area contributed by atoms with E-state index in [1.807, 2.05) is 13.8 Å². The SMILES string of the molecule is COc1ccc(C2/C(=C(\O)c3ccc(OC)c(C(C)C)c3)C(=O)C(=O)N2c2nc3ccc(F)cc3s2)cc1. The smallest absolute Gasteiger partial charge is 0.301 e. The second kappa shape index (κ2) is 9.90. The van der Waals surface area contributed by atoms with E-state index in [0.717, 1.165) is 16.9 Å². The first-order valence-electron chi connectivity index (χ1n) is 11.9. The van der Waals surface area contributed by atoms with E-state index >= 15 is 0 Å². The highest BCUT2D eigenvalue weighted by atomic mass is 32.1. The molecule has 0 bridgehead atoms. The van der Waals surface area contributed by atoms with Crippen molar-refractivity contribution in [2.24, 2.45) is 0 Å². The van der Waals surface area contributed by atoms with E-state index in [2.05, 4.69) is 4.98 Å². The summed E-state index contributed by atoms with van der Waals surface area (Å²) in [4.78, 5) is 32.7. The fourth-order valence-corrected chi connectivity index (χ4v) is 5.63. The highest BCUT2D eigenvalue weighted by Gasteiger charge is 2.48. The Morgan fingerprint density at radius 3 is 2.42 bits per heavy atom. The first-order chi connectivity index (χ1) is 18.2. The number of aliphatic hydroxyl groups excluding tert-OH is 1. The number of hydrogen-bond donors (Lipinski definition) is 1. The summed E-state index contributed by atoms with van der Waals surface area (Å²) in [5.74, 6) is -1.06. The third-order valence-electron chi connectivity index (χ3n) is 6.55. The highest BCUT2D eigenvalue weighted by Crippen LogP contribution is 2.45. The summed E-state index contributed by atoms with van der Waals surface area (Å²) in [5, 5.41) is 11.7. The van der Waals surface area contributed by atoms with Crippen molar-refractivity contribution in [3.8, 4) is 11.5 Å². The molecule has 1 unspecified atom stereocenters. The van der Waals surface area contributed by atoms with Crippen LogP contribution in [0.1, 0.15) is 42.5 Å². The summed E-state index contributed by atoms with van der Waals surface area (Å²) in [5.41, 5.74) is 2.25. The molecule has 9 heteroatoms. The Morgan fingerprint density at radius 2 is 1.76 bits per heavy atom. The monoisotopic (exact) mass is 532 g/mol. The van der Waals surface area contributed by atoms with Crippen molar-refractivity contribution in [2.45, 2.75) is 25.8 Å². The van der Waals surface area contributed by atoms with Gasteiger partial charge in [-0.05, 0) is 65.6 Å². The first-order valence-corrected chi connectivity index (χ1v) is 12.7. The van der Waals surface area contributed by atoms with Crippen LogP contribution in [0.3, 0.4) is 0 Å². The van der Waals surface area contributed by atoms with Crippen molar-refractivity contribution in [3.05, 3.63) is 88.7 Å². The minimum atomic E-state index is -0.962. The molecule has 1 aliphatic rings. The fourth-order valence-electron chi connectivity index (χ4n) is 4.61. The Hall–Kier alpha value is -4.24. The topological polar surface area (TPSA) is 89.0 Å². The molecular weight excluding hydrogens is 507 g/mol. The summed E-state index contributed by atoms with van der Waals surface area (Å²) in [7, 11) is 3.11. The second-order valence-corrected chi connectivity index (χ2v) is 10.2. The number of anilines is 1. The number of amides is 1. The van der Waals surface area contributed by atoms with Crippen LogP contribution in [-0.2, 0) is 9.59 Å². The van der Waals surface area contributed by atoms with Crippen LogP contribution in [0.15, 0.2) is 66.2 Å². The van der Waals surface area contributed by atoms with Crippen LogP contribution >= 0.6 is 11.3 Å². The average Bonchev–Trinajstić information content (AvgIpc) is 3.45. The van der Waals surface area contributed by atoms with Gasteiger partial charge in [0.1, 0.15) is 23.1 Å². The van der Waals surface area contributed by atoms with Crippen LogP contribution in [0.4, 0.5) is 9.52 Å². The molecule has 1 N–H and O–H groups in total. The summed E-state index contributed by atoms with van der Waals surface area (Å²) >= 11 is 1.10. The molecule has 1 aromatic heterocycles. The number of ether oxygens (including phenoxy) is 2. The summed E-state index contributed by atoms with van der Waals surface area (Å²) in [6.45, 7) is 3.99. The zero-order chi connectivity index (χ0) is 27.1. The van der Waals surface area contributed by atoms with E-state index < -0.39 is 23.5 Å². The first kappa shape index (κ1) is 25.4. The van der Waals surface area contributed by atoms with Crippen LogP contribution in [0.2, 0.25) is 0 Å².